The van der Waals surface area contributed by atoms with E-state index in [1.54, 1.807) is 17.7 Å². The van der Waals surface area contributed by atoms with Gasteiger partial charge in [0.25, 0.3) is 0 Å². The Hall–Kier alpha value is -3.45. The number of amides is 2. The Morgan fingerprint density at radius 2 is 1.86 bits per heavy atom. The van der Waals surface area contributed by atoms with Crippen LogP contribution >= 0.6 is 11.3 Å². The summed E-state index contributed by atoms with van der Waals surface area (Å²) in [6, 6.07) is 12.5. The van der Waals surface area contributed by atoms with Crippen LogP contribution in [0.4, 0.5) is 23.8 Å². The van der Waals surface area contributed by atoms with E-state index in [9.17, 15) is 18.0 Å². The fraction of sp³-hybridized carbons (Fsp3) is 0.364. The Kier molecular flexibility index (Phi) is 8.46. The number of fused-ring (bicyclic) bond motifs is 1. The number of anilines is 1. The molecule has 35 heavy (non-hydrogen) atoms. The Morgan fingerprint density at radius 3 is 2.46 bits per heavy atom. The van der Waals surface area contributed by atoms with E-state index in [-0.39, 0.29) is 12.1 Å². The van der Waals surface area contributed by atoms with Crippen molar-refractivity contribution >= 4 is 39.4 Å². The largest absolute Gasteiger partial charge is 0.490 e. The number of nitrogens with one attached hydrogen (secondary N) is 2. The summed E-state index contributed by atoms with van der Waals surface area (Å²) in [6.45, 7) is 2.97. The molecule has 0 unspecified atom stereocenters. The third kappa shape index (κ3) is 7.26. The molecule has 0 saturated carbocycles. The lowest BCUT2D eigenvalue weighted by Gasteiger charge is -2.40. The molecule has 2 amide bonds. The molecule has 4 rings (SSSR count). The van der Waals surface area contributed by atoms with Gasteiger partial charge in [-0.25, -0.2) is 19.6 Å². The van der Waals surface area contributed by atoms with Gasteiger partial charge < -0.3 is 25.5 Å². The van der Waals surface area contributed by atoms with Gasteiger partial charge in [-0.05, 0) is 25.7 Å². The van der Waals surface area contributed by atoms with Crippen LogP contribution in [0, 0.1) is 0 Å². The number of alkyl halides is 3. The lowest BCUT2D eigenvalue weighted by Crippen LogP contribution is -2.61. The van der Waals surface area contributed by atoms with E-state index in [2.05, 4.69) is 43.7 Å². The fourth-order valence-electron chi connectivity index (χ4n) is 3.18. The number of rotatable bonds is 6. The number of benzene rings is 1. The zero-order valence-corrected chi connectivity index (χ0v) is 19.9. The third-order valence-corrected chi connectivity index (χ3v) is 6.12. The van der Waals surface area contributed by atoms with Crippen molar-refractivity contribution in [2.24, 2.45) is 0 Å². The van der Waals surface area contributed by atoms with Crippen LogP contribution in [-0.2, 0) is 4.79 Å². The number of hydrogen-bond donors (Lipinski definition) is 3. The van der Waals surface area contributed by atoms with Gasteiger partial charge in [-0.1, -0.05) is 30.3 Å². The Bertz CT molecular complexity index is 1150. The number of thiophene rings is 1. The van der Waals surface area contributed by atoms with Crippen molar-refractivity contribution in [2.45, 2.75) is 12.2 Å². The molecule has 0 bridgehead atoms. The number of urea groups is 1. The standard InChI is InChI=1S/C20H24N6OS.C2HF3O2/c1-25(2)9-8-21-20(27)24-15-11-26(12-15)19-18-16(22-13-23-19)10-17(28-18)14-6-4-3-5-7-14;3-2(4,5)1(6)7/h3-7,10,13,15H,8-9,11-12H2,1-2H3,(H2,21,24,27);(H,6,7). The van der Waals surface area contributed by atoms with Crippen molar-refractivity contribution in [1.82, 2.24) is 25.5 Å². The normalized spacial score (nSPS) is 13.7. The van der Waals surface area contributed by atoms with Gasteiger partial charge in [-0.15, -0.1) is 11.3 Å². The van der Waals surface area contributed by atoms with Crippen LogP contribution in [0.25, 0.3) is 20.7 Å². The fourth-order valence-corrected chi connectivity index (χ4v) is 4.32. The number of halogens is 3. The van der Waals surface area contributed by atoms with Crippen LogP contribution in [0.5, 0.6) is 0 Å². The Morgan fingerprint density at radius 1 is 1.20 bits per heavy atom. The summed E-state index contributed by atoms with van der Waals surface area (Å²) in [6.07, 6.45) is -3.46. The number of carbonyl (C=O) groups is 2. The Balaban J connectivity index is 0.000000429. The first-order valence-electron chi connectivity index (χ1n) is 10.6. The second-order valence-corrected chi connectivity index (χ2v) is 9.05. The maximum absolute atomic E-state index is 12.0. The van der Waals surface area contributed by atoms with Crippen molar-refractivity contribution in [3.05, 3.63) is 42.7 Å². The summed E-state index contributed by atoms with van der Waals surface area (Å²) < 4.78 is 32.8. The lowest BCUT2D eigenvalue weighted by molar-refractivity contribution is -0.192. The minimum Gasteiger partial charge on any atom is -0.475 e. The molecular formula is C22H25F3N6O3S. The zero-order valence-electron chi connectivity index (χ0n) is 19.0. The molecular weight excluding hydrogens is 485 g/mol. The van der Waals surface area contributed by atoms with E-state index < -0.39 is 12.1 Å². The lowest BCUT2D eigenvalue weighted by atomic mass is 10.1. The van der Waals surface area contributed by atoms with Gasteiger partial charge in [-0.2, -0.15) is 13.2 Å². The summed E-state index contributed by atoms with van der Waals surface area (Å²) in [5, 5.41) is 13.0. The van der Waals surface area contributed by atoms with E-state index >= 15 is 0 Å². The molecule has 1 aliphatic heterocycles. The highest BCUT2D eigenvalue weighted by Gasteiger charge is 2.38. The van der Waals surface area contributed by atoms with Crippen LogP contribution < -0.4 is 15.5 Å². The predicted molar refractivity (Wildman–Crippen MR) is 128 cm³/mol. The molecule has 0 aliphatic carbocycles. The van der Waals surface area contributed by atoms with E-state index in [1.807, 2.05) is 37.2 Å². The minimum atomic E-state index is -5.08. The number of aliphatic carboxylic acids is 1. The van der Waals surface area contributed by atoms with Crippen LogP contribution in [-0.4, -0.2) is 84.5 Å². The molecule has 3 aromatic rings. The van der Waals surface area contributed by atoms with Gasteiger partial charge in [0.15, 0.2) is 0 Å². The topological polar surface area (TPSA) is 111 Å². The highest BCUT2D eigenvalue weighted by atomic mass is 32.1. The molecule has 13 heteroatoms. The van der Waals surface area contributed by atoms with E-state index in [4.69, 9.17) is 9.90 Å². The highest BCUT2D eigenvalue weighted by molar-refractivity contribution is 7.22. The number of likely N-dealkylation sites (N-methyl/N-ethyl adjacent to an activating group) is 1. The second kappa shape index (κ2) is 11.3. The molecule has 188 valence electrons. The second-order valence-electron chi connectivity index (χ2n) is 8.00. The highest BCUT2D eigenvalue weighted by Crippen LogP contribution is 2.37. The molecule has 1 aliphatic rings. The van der Waals surface area contributed by atoms with Gasteiger partial charge >= 0.3 is 18.2 Å². The van der Waals surface area contributed by atoms with Crippen LogP contribution in [0.2, 0.25) is 0 Å². The molecule has 3 N–H and O–H groups in total. The SMILES string of the molecule is CN(C)CCNC(=O)NC1CN(c2ncnc3cc(-c4ccccc4)sc23)C1.O=C(O)C(F)(F)F. The van der Waals surface area contributed by atoms with Crippen molar-refractivity contribution in [3.8, 4) is 10.4 Å². The number of hydrogen-bond acceptors (Lipinski definition) is 7. The van der Waals surface area contributed by atoms with Crippen molar-refractivity contribution < 1.29 is 27.9 Å². The maximum Gasteiger partial charge on any atom is 0.490 e. The third-order valence-electron chi connectivity index (χ3n) is 4.95. The molecule has 1 aromatic carbocycles. The van der Waals surface area contributed by atoms with Crippen molar-refractivity contribution in [1.29, 1.82) is 0 Å². The van der Waals surface area contributed by atoms with Gasteiger partial charge in [0.2, 0.25) is 0 Å². The molecule has 1 fully saturated rings. The molecule has 1 saturated heterocycles. The smallest absolute Gasteiger partial charge is 0.475 e. The zero-order chi connectivity index (χ0) is 25.6. The number of nitrogens with zero attached hydrogens (tertiary/aromatic N) is 4. The molecule has 9 nitrogen and oxygen atoms in total. The first-order chi connectivity index (χ1) is 16.5. The predicted octanol–water partition coefficient (Wildman–Crippen LogP) is 3.04. The average Bonchev–Trinajstić information content (AvgIpc) is 3.21. The summed E-state index contributed by atoms with van der Waals surface area (Å²) in [5.74, 6) is -1.81. The molecule has 2 aromatic heterocycles. The van der Waals surface area contributed by atoms with Crippen molar-refractivity contribution in [2.75, 3.05) is 45.2 Å². The summed E-state index contributed by atoms with van der Waals surface area (Å²) >= 11 is 1.71. The molecule has 0 atom stereocenters. The minimum absolute atomic E-state index is 0.109. The summed E-state index contributed by atoms with van der Waals surface area (Å²) in [4.78, 5) is 35.2. The first-order valence-corrected chi connectivity index (χ1v) is 11.4. The van der Waals surface area contributed by atoms with Crippen LogP contribution in [0.15, 0.2) is 42.7 Å². The summed E-state index contributed by atoms with van der Waals surface area (Å²) in [7, 11) is 3.97. The van der Waals surface area contributed by atoms with E-state index in [0.717, 1.165) is 35.7 Å². The number of aromatic nitrogens is 2. The van der Waals surface area contributed by atoms with Gasteiger partial charge in [0.1, 0.15) is 12.1 Å². The van der Waals surface area contributed by atoms with Gasteiger partial charge in [0, 0.05) is 31.1 Å². The Labute approximate surface area is 203 Å². The van der Waals surface area contributed by atoms with E-state index in [1.165, 1.54) is 10.4 Å². The van der Waals surface area contributed by atoms with Crippen LogP contribution in [0.3, 0.4) is 0 Å². The van der Waals surface area contributed by atoms with Gasteiger partial charge in [-0.3, -0.25) is 0 Å². The molecule has 0 radical (unpaired) electrons. The first kappa shape index (κ1) is 26.2. The molecule has 3 heterocycles. The number of carbonyl (C=O) groups excluding carboxylic acids is 1. The maximum atomic E-state index is 12.0. The number of carboxylic acid groups (broad SMARTS) is 1. The van der Waals surface area contributed by atoms with Crippen LogP contribution in [0.1, 0.15) is 0 Å². The number of carboxylic acids is 1. The quantitative estimate of drug-likeness (QED) is 0.468. The average molecular weight is 511 g/mol. The van der Waals surface area contributed by atoms with E-state index in [0.29, 0.717) is 6.54 Å². The van der Waals surface area contributed by atoms with Gasteiger partial charge in [0.05, 0.1) is 16.3 Å². The van der Waals surface area contributed by atoms with Crippen molar-refractivity contribution in [3.63, 3.8) is 0 Å². The molecule has 0 spiro atoms. The summed E-state index contributed by atoms with van der Waals surface area (Å²) in [5.41, 5.74) is 2.15. The monoisotopic (exact) mass is 510 g/mol.